The highest BCUT2D eigenvalue weighted by Gasteiger charge is 2.18. The number of nitrogens with one attached hydrogen (secondary N) is 1. The summed E-state index contributed by atoms with van der Waals surface area (Å²) in [7, 11) is 0. The lowest BCUT2D eigenvalue weighted by Gasteiger charge is -2.19. The summed E-state index contributed by atoms with van der Waals surface area (Å²) in [5.41, 5.74) is 0.554. The van der Waals surface area contributed by atoms with Gasteiger partial charge in [-0.05, 0) is 26.0 Å². The molecule has 0 aromatic heterocycles. The molecule has 0 bridgehead atoms. The van der Waals surface area contributed by atoms with Gasteiger partial charge in [0.25, 0.3) is 5.91 Å². The lowest BCUT2D eigenvalue weighted by atomic mass is 10.2. The predicted octanol–water partition coefficient (Wildman–Crippen LogP) is 1.90. The number of ether oxygens (including phenoxy) is 3. The molecule has 21 heavy (non-hydrogen) atoms. The standard InChI is InChI=1S/C15H17NO5/c1-3-4-14(17)21-10(2)15(18)16-11-5-6-12-13(9-11)20-8-7-19-12/h3-6,9-10H,7-8H2,1-2H3,(H,16,18)/b4-3-/t10-/m0/s1. The summed E-state index contributed by atoms with van der Waals surface area (Å²) in [6.45, 7) is 4.19. The van der Waals surface area contributed by atoms with E-state index in [0.717, 1.165) is 0 Å². The predicted molar refractivity (Wildman–Crippen MR) is 76.4 cm³/mol. The first-order valence-electron chi connectivity index (χ1n) is 6.64. The van der Waals surface area contributed by atoms with Crippen molar-refractivity contribution in [3.8, 4) is 11.5 Å². The summed E-state index contributed by atoms with van der Waals surface area (Å²) in [5.74, 6) is 0.260. The fourth-order valence-corrected chi connectivity index (χ4v) is 1.77. The van der Waals surface area contributed by atoms with Gasteiger partial charge in [-0.15, -0.1) is 0 Å². The van der Waals surface area contributed by atoms with Gasteiger partial charge in [0, 0.05) is 17.8 Å². The minimum absolute atomic E-state index is 0.412. The molecular weight excluding hydrogens is 274 g/mol. The van der Waals surface area contributed by atoms with Gasteiger partial charge in [-0.2, -0.15) is 0 Å². The SMILES string of the molecule is C/C=C\C(=O)O[C@@H](C)C(=O)Nc1ccc2c(c1)OCCO2. The molecule has 1 amide bonds. The van der Waals surface area contributed by atoms with Crippen LogP contribution in [0.15, 0.2) is 30.4 Å². The zero-order valence-corrected chi connectivity index (χ0v) is 11.9. The molecule has 1 N–H and O–H groups in total. The summed E-state index contributed by atoms with van der Waals surface area (Å²) >= 11 is 0. The molecule has 0 spiro atoms. The van der Waals surface area contributed by atoms with E-state index < -0.39 is 18.0 Å². The number of rotatable bonds is 4. The molecule has 112 valence electrons. The third-order valence-electron chi connectivity index (χ3n) is 2.77. The normalized spacial score (nSPS) is 14.6. The number of hydrogen-bond donors (Lipinski definition) is 1. The van der Waals surface area contributed by atoms with Crippen molar-refractivity contribution in [3.63, 3.8) is 0 Å². The highest BCUT2D eigenvalue weighted by molar-refractivity contribution is 5.96. The number of anilines is 1. The van der Waals surface area contributed by atoms with E-state index in [1.165, 1.54) is 13.0 Å². The molecule has 2 rings (SSSR count). The second-order valence-corrected chi connectivity index (χ2v) is 4.43. The summed E-state index contributed by atoms with van der Waals surface area (Å²) in [6, 6.07) is 5.10. The summed E-state index contributed by atoms with van der Waals surface area (Å²) in [6.07, 6.45) is 1.92. The van der Waals surface area contributed by atoms with Crippen LogP contribution in [0.3, 0.4) is 0 Å². The Morgan fingerprint density at radius 1 is 1.29 bits per heavy atom. The quantitative estimate of drug-likeness (QED) is 0.677. The molecule has 1 aliphatic rings. The number of carbonyl (C=O) groups is 2. The Kier molecular flexibility index (Phi) is 4.81. The Hall–Kier alpha value is -2.50. The van der Waals surface area contributed by atoms with Crippen LogP contribution in [0.25, 0.3) is 0 Å². The Bertz CT molecular complexity index is 567. The van der Waals surface area contributed by atoms with Crippen molar-refractivity contribution in [1.29, 1.82) is 0 Å². The molecule has 1 aliphatic heterocycles. The minimum Gasteiger partial charge on any atom is -0.486 e. The van der Waals surface area contributed by atoms with Gasteiger partial charge in [-0.3, -0.25) is 4.79 Å². The number of benzene rings is 1. The van der Waals surface area contributed by atoms with E-state index in [4.69, 9.17) is 14.2 Å². The largest absolute Gasteiger partial charge is 0.486 e. The van der Waals surface area contributed by atoms with Gasteiger partial charge in [-0.1, -0.05) is 6.08 Å². The van der Waals surface area contributed by atoms with Crippen LogP contribution in [-0.2, 0) is 14.3 Å². The Morgan fingerprint density at radius 3 is 2.71 bits per heavy atom. The molecule has 1 aromatic rings. The van der Waals surface area contributed by atoms with Gasteiger partial charge in [0.1, 0.15) is 13.2 Å². The van der Waals surface area contributed by atoms with Gasteiger partial charge in [0.2, 0.25) is 0 Å². The Morgan fingerprint density at radius 2 is 2.00 bits per heavy atom. The maximum absolute atomic E-state index is 11.9. The summed E-state index contributed by atoms with van der Waals surface area (Å²) < 4.78 is 15.8. The molecule has 0 saturated heterocycles. The zero-order valence-electron chi connectivity index (χ0n) is 11.9. The van der Waals surface area contributed by atoms with Gasteiger partial charge in [-0.25, -0.2) is 4.79 Å². The second kappa shape index (κ2) is 6.78. The van der Waals surface area contributed by atoms with Crippen LogP contribution in [0.2, 0.25) is 0 Å². The molecule has 0 unspecified atom stereocenters. The number of hydrogen-bond acceptors (Lipinski definition) is 5. The number of amides is 1. The molecule has 1 atom stereocenters. The van der Waals surface area contributed by atoms with Crippen LogP contribution in [-0.4, -0.2) is 31.2 Å². The molecular formula is C15H17NO5. The summed E-state index contributed by atoms with van der Waals surface area (Å²) in [4.78, 5) is 23.2. The first-order chi connectivity index (χ1) is 10.1. The van der Waals surface area contributed by atoms with Crippen LogP contribution in [0, 0.1) is 0 Å². The fraction of sp³-hybridized carbons (Fsp3) is 0.333. The van der Waals surface area contributed by atoms with E-state index in [2.05, 4.69) is 5.32 Å². The molecule has 0 aliphatic carbocycles. The van der Waals surface area contributed by atoms with Crippen molar-refractivity contribution in [3.05, 3.63) is 30.4 Å². The number of carbonyl (C=O) groups excluding carboxylic acids is 2. The van der Waals surface area contributed by atoms with Gasteiger partial charge >= 0.3 is 5.97 Å². The Balaban J connectivity index is 1.97. The first-order valence-corrected chi connectivity index (χ1v) is 6.64. The third-order valence-corrected chi connectivity index (χ3v) is 2.77. The average molecular weight is 291 g/mol. The van der Waals surface area contributed by atoms with E-state index in [9.17, 15) is 9.59 Å². The fourth-order valence-electron chi connectivity index (χ4n) is 1.77. The molecule has 0 fully saturated rings. The van der Waals surface area contributed by atoms with E-state index >= 15 is 0 Å². The van der Waals surface area contributed by atoms with Crippen LogP contribution in [0.4, 0.5) is 5.69 Å². The highest BCUT2D eigenvalue weighted by atomic mass is 16.6. The van der Waals surface area contributed by atoms with Crippen molar-refractivity contribution in [1.82, 2.24) is 0 Å². The first kappa shape index (κ1) is 14.9. The van der Waals surface area contributed by atoms with E-state index in [1.54, 1.807) is 31.2 Å². The summed E-state index contributed by atoms with van der Waals surface area (Å²) in [5, 5.41) is 2.66. The number of fused-ring (bicyclic) bond motifs is 1. The minimum atomic E-state index is -0.887. The number of esters is 1. The highest BCUT2D eigenvalue weighted by Crippen LogP contribution is 2.32. The average Bonchev–Trinajstić information content (AvgIpc) is 2.47. The van der Waals surface area contributed by atoms with Gasteiger partial charge in [0.05, 0.1) is 0 Å². The third kappa shape index (κ3) is 3.98. The number of allylic oxidation sites excluding steroid dienone is 1. The lowest BCUT2D eigenvalue weighted by Crippen LogP contribution is -2.29. The van der Waals surface area contributed by atoms with Crippen molar-refractivity contribution in [2.24, 2.45) is 0 Å². The van der Waals surface area contributed by atoms with E-state index in [0.29, 0.717) is 30.4 Å². The molecule has 0 radical (unpaired) electrons. The molecule has 1 aromatic carbocycles. The van der Waals surface area contributed by atoms with Crippen molar-refractivity contribution < 1.29 is 23.8 Å². The van der Waals surface area contributed by atoms with Gasteiger partial charge in [0.15, 0.2) is 17.6 Å². The molecule has 6 nitrogen and oxygen atoms in total. The maximum atomic E-state index is 11.9. The van der Waals surface area contributed by atoms with E-state index in [-0.39, 0.29) is 0 Å². The van der Waals surface area contributed by atoms with Crippen molar-refractivity contribution in [2.75, 3.05) is 18.5 Å². The molecule has 1 heterocycles. The topological polar surface area (TPSA) is 73.9 Å². The maximum Gasteiger partial charge on any atom is 0.331 e. The second-order valence-electron chi connectivity index (χ2n) is 4.43. The van der Waals surface area contributed by atoms with Crippen LogP contribution < -0.4 is 14.8 Å². The van der Waals surface area contributed by atoms with Crippen LogP contribution in [0.1, 0.15) is 13.8 Å². The van der Waals surface area contributed by atoms with Crippen molar-refractivity contribution >= 4 is 17.6 Å². The van der Waals surface area contributed by atoms with Crippen LogP contribution in [0.5, 0.6) is 11.5 Å². The zero-order chi connectivity index (χ0) is 15.2. The van der Waals surface area contributed by atoms with Gasteiger partial charge < -0.3 is 19.5 Å². The Labute approximate surface area is 122 Å². The molecule has 6 heteroatoms. The lowest BCUT2D eigenvalue weighted by molar-refractivity contribution is -0.148. The smallest absolute Gasteiger partial charge is 0.331 e. The van der Waals surface area contributed by atoms with Crippen molar-refractivity contribution in [2.45, 2.75) is 20.0 Å². The van der Waals surface area contributed by atoms with E-state index in [1.807, 2.05) is 0 Å². The monoisotopic (exact) mass is 291 g/mol. The van der Waals surface area contributed by atoms with Crippen LogP contribution >= 0.6 is 0 Å². The molecule has 0 saturated carbocycles.